The van der Waals surface area contributed by atoms with Crippen LogP contribution in [0.5, 0.6) is 5.75 Å². The van der Waals surface area contributed by atoms with Crippen molar-refractivity contribution in [1.82, 2.24) is 0 Å². The molecule has 0 saturated carbocycles. The Morgan fingerprint density at radius 3 is 2.05 bits per heavy atom. The van der Waals surface area contributed by atoms with Crippen LogP contribution in [-0.2, 0) is 26.3 Å². The Kier molecular flexibility index (Phi) is 8.09. The monoisotopic (exact) mass is 541 g/mol. The lowest BCUT2D eigenvalue weighted by Gasteiger charge is -2.36. The molecule has 38 heavy (non-hydrogen) atoms. The first-order chi connectivity index (χ1) is 17.4. The van der Waals surface area contributed by atoms with Gasteiger partial charge in [-0.05, 0) is 53.0 Å². The van der Waals surface area contributed by atoms with Crippen LogP contribution < -0.4 is 10.5 Å². The van der Waals surface area contributed by atoms with Gasteiger partial charge in [-0.3, -0.25) is 14.5 Å². The molecule has 0 amide bonds. The summed E-state index contributed by atoms with van der Waals surface area (Å²) in [6.07, 6.45) is 2.99. The van der Waals surface area contributed by atoms with Crippen molar-refractivity contribution in [1.29, 1.82) is 0 Å². The summed E-state index contributed by atoms with van der Waals surface area (Å²) in [5, 5.41) is 11.1. The second kappa shape index (κ2) is 10.4. The van der Waals surface area contributed by atoms with Gasteiger partial charge in [0.05, 0.1) is 11.7 Å². The number of nitrogens with two attached hydrogens (primary N) is 1. The summed E-state index contributed by atoms with van der Waals surface area (Å²) < 4.78 is 25.9. The fourth-order valence-electron chi connectivity index (χ4n) is 5.47. The van der Waals surface area contributed by atoms with E-state index in [1.54, 1.807) is 12.1 Å². The van der Waals surface area contributed by atoms with Gasteiger partial charge in [-0.1, -0.05) is 67.0 Å². The van der Waals surface area contributed by atoms with Gasteiger partial charge in [-0.2, -0.15) is 0 Å². The summed E-state index contributed by atoms with van der Waals surface area (Å²) in [7, 11) is -3.42. The molecule has 0 radical (unpaired) electrons. The standard InChI is InChI=1S/C30H43N3O4S/c1-9-10-21-18-32-27(31)30(21,20-11-13-22(14-12-20)33-38(8,36)37)17-25(34)19-15-23(28(2,3)4)26(35)24(16-19)29(5,6)7/h11-16,21,33,35H,9-10,17-18H2,1-8H3,(H2,31,32)/t21-,30+/m0/s1. The largest absolute Gasteiger partial charge is 0.507 e. The smallest absolute Gasteiger partial charge is 0.229 e. The molecule has 0 fully saturated rings. The molecule has 1 aliphatic rings. The number of nitrogens with one attached hydrogen (secondary N) is 1. The number of aromatic hydroxyl groups is 1. The van der Waals surface area contributed by atoms with Crippen LogP contribution in [0.25, 0.3) is 0 Å². The molecule has 4 N–H and O–H groups in total. The van der Waals surface area contributed by atoms with E-state index >= 15 is 0 Å². The number of carbonyl (C=O) groups is 1. The van der Waals surface area contributed by atoms with Crippen LogP contribution in [0, 0.1) is 5.92 Å². The van der Waals surface area contributed by atoms with E-state index in [0.717, 1.165) is 35.8 Å². The zero-order valence-electron chi connectivity index (χ0n) is 24.0. The fourth-order valence-corrected chi connectivity index (χ4v) is 6.03. The Balaban J connectivity index is 2.15. The Hall–Kier alpha value is -2.87. The Bertz CT molecular complexity index is 1300. The molecule has 208 valence electrons. The molecule has 8 heteroatoms. The topological polar surface area (TPSA) is 122 Å². The van der Waals surface area contributed by atoms with Gasteiger partial charge in [-0.25, -0.2) is 8.42 Å². The quantitative estimate of drug-likeness (QED) is 0.373. The zero-order chi connectivity index (χ0) is 28.7. The van der Waals surface area contributed by atoms with E-state index in [-0.39, 0.29) is 34.7 Å². The maximum absolute atomic E-state index is 14.1. The van der Waals surface area contributed by atoms with Gasteiger partial charge in [0.1, 0.15) is 11.6 Å². The second-order valence-corrected chi connectivity index (χ2v) is 14.4. The number of hydrogen-bond donors (Lipinski definition) is 3. The number of hydrogen-bond acceptors (Lipinski definition) is 6. The van der Waals surface area contributed by atoms with Crippen molar-refractivity contribution in [2.24, 2.45) is 16.6 Å². The number of nitrogens with zero attached hydrogens (tertiary/aromatic N) is 1. The third kappa shape index (κ3) is 6.06. The number of amidine groups is 1. The molecular formula is C30H43N3O4S. The van der Waals surface area contributed by atoms with Crippen LogP contribution in [0.2, 0.25) is 0 Å². The molecule has 2 atom stereocenters. The van der Waals surface area contributed by atoms with E-state index in [9.17, 15) is 18.3 Å². The van der Waals surface area contributed by atoms with Crippen LogP contribution in [0.3, 0.4) is 0 Å². The average Bonchev–Trinajstić information content (AvgIpc) is 3.08. The zero-order valence-corrected chi connectivity index (χ0v) is 24.8. The lowest BCUT2D eigenvalue weighted by atomic mass is 9.65. The average molecular weight is 542 g/mol. The third-order valence-electron chi connectivity index (χ3n) is 7.46. The van der Waals surface area contributed by atoms with Crippen molar-refractivity contribution < 1.29 is 18.3 Å². The molecule has 0 aromatic heterocycles. The van der Waals surface area contributed by atoms with Gasteiger partial charge in [0.25, 0.3) is 0 Å². The molecule has 1 heterocycles. The number of benzene rings is 2. The summed E-state index contributed by atoms with van der Waals surface area (Å²) in [6, 6.07) is 10.7. The molecule has 2 aromatic rings. The highest BCUT2D eigenvalue weighted by Crippen LogP contribution is 2.45. The Morgan fingerprint density at radius 1 is 1.08 bits per heavy atom. The minimum absolute atomic E-state index is 0.0338. The first-order valence-electron chi connectivity index (χ1n) is 13.2. The highest BCUT2D eigenvalue weighted by molar-refractivity contribution is 7.92. The van der Waals surface area contributed by atoms with Gasteiger partial charge in [-0.15, -0.1) is 0 Å². The summed E-state index contributed by atoms with van der Waals surface area (Å²) >= 11 is 0. The first-order valence-corrected chi connectivity index (χ1v) is 15.1. The molecule has 0 bridgehead atoms. The number of carbonyl (C=O) groups excluding carboxylic acids is 1. The van der Waals surface area contributed by atoms with Crippen LogP contribution in [0.1, 0.15) is 94.8 Å². The summed E-state index contributed by atoms with van der Waals surface area (Å²) in [5.41, 5.74) is 8.37. The number of phenols is 1. The van der Waals surface area contributed by atoms with E-state index in [2.05, 4.69) is 16.6 Å². The van der Waals surface area contributed by atoms with Gasteiger partial charge in [0.15, 0.2) is 5.78 Å². The molecule has 0 unspecified atom stereocenters. The van der Waals surface area contributed by atoms with Crippen molar-refractivity contribution in [3.63, 3.8) is 0 Å². The van der Waals surface area contributed by atoms with E-state index in [4.69, 9.17) is 5.73 Å². The van der Waals surface area contributed by atoms with Crippen molar-refractivity contribution in [3.05, 3.63) is 58.7 Å². The van der Waals surface area contributed by atoms with Gasteiger partial charge >= 0.3 is 0 Å². The summed E-state index contributed by atoms with van der Waals surface area (Å²) in [4.78, 5) is 18.7. The fraction of sp³-hybridized carbons (Fsp3) is 0.533. The minimum atomic E-state index is -3.42. The predicted molar refractivity (Wildman–Crippen MR) is 156 cm³/mol. The van der Waals surface area contributed by atoms with Gasteiger partial charge < -0.3 is 10.8 Å². The van der Waals surface area contributed by atoms with Crippen molar-refractivity contribution >= 4 is 27.3 Å². The molecule has 3 rings (SSSR count). The third-order valence-corrected chi connectivity index (χ3v) is 8.07. The number of anilines is 1. The molecule has 1 aliphatic heterocycles. The maximum Gasteiger partial charge on any atom is 0.229 e. The minimum Gasteiger partial charge on any atom is -0.507 e. The molecule has 0 spiro atoms. The Labute approximate surface area is 228 Å². The highest BCUT2D eigenvalue weighted by Gasteiger charge is 2.48. The summed E-state index contributed by atoms with van der Waals surface area (Å²) in [6.45, 7) is 14.8. The number of ketones is 1. The normalized spacial score (nSPS) is 20.3. The second-order valence-electron chi connectivity index (χ2n) is 12.7. The van der Waals surface area contributed by atoms with Crippen molar-refractivity contribution in [2.75, 3.05) is 17.5 Å². The number of rotatable bonds is 8. The van der Waals surface area contributed by atoms with Crippen LogP contribution in [0.15, 0.2) is 41.4 Å². The molecule has 2 aromatic carbocycles. The molecule has 7 nitrogen and oxygen atoms in total. The maximum atomic E-state index is 14.1. The highest BCUT2D eigenvalue weighted by atomic mass is 32.2. The predicted octanol–water partition coefficient (Wildman–Crippen LogP) is 5.66. The van der Waals surface area contributed by atoms with E-state index in [0.29, 0.717) is 23.6 Å². The lowest BCUT2D eigenvalue weighted by molar-refractivity contribution is 0.0950. The summed E-state index contributed by atoms with van der Waals surface area (Å²) in [5.74, 6) is 0.627. The van der Waals surface area contributed by atoms with Crippen molar-refractivity contribution in [2.45, 2.75) is 84.0 Å². The van der Waals surface area contributed by atoms with Crippen molar-refractivity contribution in [3.8, 4) is 5.75 Å². The van der Waals surface area contributed by atoms with E-state index < -0.39 is 15.4 Å². The number of aliphatic imine (C=N–C) groups is 1. The molecule has 0 saturated heterocycles. The number of phenolic OH excluding ortho intramolecular Hbond substituents is 1. The van der Waals surface area contributed by atoms with Crippen LogP contribution in [0.4, 0.5) is 5.69 Å². The van der Waals surface area contributed by atoms with Gasteiger partial charge in [0, 0.05) is 35.3 Å². The van der Waals surface area contributed by atoms with Crippen LogP contribution >= 0.6 is 0 Å². The molecule has 0 aliphatic carbocycles. The number of sulfonamides is 1. The Morgan fingerprint density at radius 2 is 1.61 bits per heavy atom. The lowest BCUT2D eigenvalue weighted by Crippen LogP contribution is -2.46. The van der Waals surface area contributed by atoms with E-state index in [1.165, 1.54) is 0 Å². The number of Topliss-reactive ketones (excluding diaryl/α,β-unsaturated/α-hetero) is 1. The van der Waals surface area contributed by atoms with E-state index in [1.807, 2.05) is 65.8 Å². The van der Waals surface area contributed by atoms with Gasteiger partial charge in [0.2, 0.25) is 10.0 Å². The van der Waals surface area contributed by atoms with Crippen LogP contribution in [-0.4, -0.2) is 37.9 Å². The molecular weight excluding hydrogens is 498 g/mol. The first kappa shape index (κ1) is 29.7. The SMILES string of the molecule is CCC[C@H]1CN=C(N)[C@]1(CC(=O)c1cc(C(C)(C)C)c(O)c(C(C)(C)C)c1)c1ccc(NS(C)(=O)=O)cc1.